The van der Waals surface area contributed by atoms with Crippen LogP contribution in [0.3, 0.4) is 0 Å². The third kappa shape index (κ3) is 6.32. The molecule has 0 heterocycles. The average Bonchev–Trinajstić information content (AvgIpc) is 2.28. The molecule has 1 aromatic carbocycles. The van der Waals surface area contributed by atoms with E-state index in [1.54, 1.807) is 0 Å². The first-order valence-corrected chi connectivity index (χ1v) is 7.83. The minimum Gasteiger partial charge on any atom is -0.324 e. The van der Waals surface area contributed by atoms with Gasteiger partial charge in [-0.25, -0.2) is 8.42 Å². The fourth-order valence-electron chi connectivity index (χ4n) is 1.34. The summed E-state index contributed by atoms with van der Waals surface area (Å²) in [6.45, 7) is -1.89. The van der Waals surface area contributed by atoms with E-state index in [4.69, 9.17) is 11.6 Å². The largest absolute Gasteiger partial charge is 0.401 e. The number of sulfone groups is 1. The molecule has 10 heteroatoms. The van der Waals surface area contributed by atoms with Crippen LogP contribution in [0.5, 0.6) is 0 Å². The van der Waals surface area contributed by atoms with Crippen LogP contribution < -0.4 is 10.6 Å². The minimum absolute atomic E-state index is 0.0124. The van der Waals surface area contributed by atoms with Crippen LogP contribution >= 0.6 is 11.6 Å². The third-order valence-corrected chi connectivity index (χ3v) is 3.69. The maximum atomic E-state index is 11.9. The maximum Gasteiger partial charge on any atom is 0.401 e. The summed E-state index contributed by atoms with van der Waals surface area (Å²) in [5.74, 6) is -0.771. The summed E-state index contributed by atoms with van der Waals surface area (Å²) in [6.07, 6.45) is -3.44. The van der Waals surface area contributed by atoms with Gasteiger partial charge >= 0.3 is 6.18 Å². The number of hydrogen-bond acceptors (Lipinski definition) is 4. The van der Waals surface area contributed by atoms with Gasteiger partial charge < -0.3 is 10.6 Å². The Bertz CT molecular complexity index is 632. The number of rotatable bonds is 5. The number of nitrogens with one attached hydrogen (secondary N) is 2. The number of anilines is 1. The molecule has 118 valence electrons. The number of halogens is 4. The van der Waals surface area contributed by atoms with E-state index in [0.29, 0.717) is 0 Å². The van der Waals surface area contributed by atoms with Gasteiger partial charge in [-0.15, -0.1) is 0 Å². The number of hydrogen-bond donors (Lipinski definition) is 2. The molecule has 0 atom stereocenters. The minimum atomic E-state index is -4.42. The Hall–Kier alpha value is -1.32. The number of alkyl halides is 3. The lowest BCUT2D eigenvalue weighted by Gasteiger charge is -2.10. The first kappa shape index (κ1) is 17.7. The predicted molar refractivity (Wildman–Crippen MR) is 72.1 cm³/mol. The highest BCUT2D eigenvalue weighted by molar-refractivity contribution is 7.90. The highest BCUT2D eigenvalue weighted by Gasteiger charge is 2.26. The average molecular weight is 345 g/mol. The standard InChI is InChI=1S/C11H12ClF3N2O3S/c1-21(19,20)7-2-3-8(12)9(4-7)17-10(18)5-16-6-11(13,14)15/h2-4,16H,5-6H2,1H3,(H,17,18). The van der Waals surface area contributed by atoms with Crippen LogP contribution in [0, 0.1) is 0 Å². The molecule has 0 aliphatic carbocycles. The molecule has 0 aliphatic rings. The second-order valence-electron chi connectivity index (χ2n) is 4.18. The lowest BCUT2D eigenvalue weighted by Crippen LogP contribution is -2.35. The highest BCUT2D eigenvalue weighted by Crippen LogP contribution is 2.25. The van der Waals surface area contributed by atoms with Gasteiger partial charge in [-0.1, -0.05) is 11.6 Å². The molecule has 21 heavy (non-hydrogen) atoms. The molecule has 0 spiro atoms. The molecule has 0 radical (unpaired) electrons. The summed E-state index contributed by atoms with van der Waals surface area (Å²) < 4.78 is 58.4. The number of benzene rings is 1. The van der Waals surface area contributed by atoms with Crippen molar-refractivity contribution in [2.75, 3.05) is 24.7 Å². The van der Waals surface area contributed by atoms with E-state index in [1.165, 1.54) is 12.1 Å². The summed E-state index contributed by atoms with van der Waals surface area (Å²) >= 11 is 5.79. The van der Waals surface area contributed by atoms with Gasteiger partial charge in [0.25, 0.3) is 0 Å². The van der Waals surface area contributed by atoms with Crippen molar-refractivity contribution >= 4 is 33.0 Å². The van der Waals surface area contributed by atoms with E-state index < -0.39 is 35.0 Å². The summed E-state index contributed by atoms with van der Waals surface area (Å²) in [4.78, 5) is 11.4. The van der Waals surface area contributed by atoms with Gasteiger partial charge in [0, 0.05) is 6.26 Å². The van der Waals surface area contributed by atoms with Crippen molar-refractivity contribution < 1.29 is 26.4 Å². The number of carbonyl (C=O) groups excluding carboxylic acids is 1. The molecule has 0 saturated carbocycles. The van der Waals surface area contributed by atoms with Gasteiger partial charge in [0.2, 0.25) is 5.91 Å². The van der Waals surface area contributed by atoms with E-state index in [0.717, 1.165) is 12.3 Å². The molecule has 0 unspecified atom stereocenters. The van der Waals surface area contributed by atoms with Crippen molar-refractivity contribution in [3.05, 3.63) is 23.2 Å². The Morgan fingerprint density at radius 1 is 1.33 bits per heavy atom. The Kier molecular flexibility index (Phi) is 5.60. The van der Waals surface area contributed by atoms with Crippen LogP contribution in [-0.4, -0.2) is 39.8 Å². The van der Waals surface area contributed by atoms with Gasteiger partial charge in [0.05, 0.1) is 28.7 Å². The molecule has 1 amide bonds. The molecule has 0 bridgehead atoms. The van der Waals surface area contributed by atoms with E-state index in [1.807, 2.05) is 5.32 Å². The van der Waals surface area contributed by atoms with Crippen molar-refractivity contribution in [3.63, 3.8) is 0 Å². The van der Waals surface area contributed by atoms with E-state index >= 15 is 0 Å². The van der Waals surface area contributed by atoms with Crippen molar-refractivity contribution in [2.24, 2.45) is 0 Å². The second-order valence-corrected chi connectivity index (χ2v) is 6.60. The number of carbonyl (C=O) groups is 1. The fraction of sp³-hybridized carbons (Fsp3) is 0.364. The Balaban J connectivity index is 2.72. The van der Waals surface area contributed by atoms with Crippen LogP contribution in [-0.2, 0) is 14.6 Å². The summed E-state index contributed by atoms with van der Waals surface area (Å²) in [6, 6.07) is 3.67. The summed E-state index contributed by atoms with van der Waals surface area (Å²) in [5, 5.41) is 4.23. The van der Waals surface area contributed by atoms with Crippen molar-refractivity contribution in [2.45, 2.75) is 11.1 Å². The molecular weight excluding hydrogens is 333 g/mol. The summed E-state index contributed by atoms with van der Waals surface area (Å²) in [5.41, 5.74) is 0.0124. The van der Waals surface area contributed by atoms with Gasteiger partial charge in [-0.3, -0.25) is 4.79 Å². The fourth-order valence-corrected chi connectivity index (χ4v) is 2.15. The van der Waals surface area contributed by atoms with Crippen molar-refractivity contribution in [1.29, 1.82) is 0 Å². The van der Waals surface area contributed by atoms with Crippen LogP contribution in [0.4, 0.5) is 18.9 Å². The SMILES string of the molecule is CS(=O)(=O)c1ccc(Cl)c(NC(=O)CNCC(F)(F)F)c1. The van der Waals surface area contributed by atoms with E-state index in [-0.39, 0.29) is 15.6 Å². The van der Waals surface area contributed by atoms with Crippen molar-refractivity contribution in [3.8, 4) is 0 Å². The molecule has 1 aromatic rings. The molecule has 0 saturated heterocycles. The Labute approximate surface area is 124 Å². The topological polar surface area (TPSA) is 75.3 Å². The summed E-state index contributed by atoms with van der Waals surface area (Å²) in [7, 11) is -3.49. The molecule has 0 fully saturated rings. The molecule has 5 nitrogen and oxygen atoms in total. The van der Waals surface area contributed by atoms with E-state index in [9.17, 15) is 26.4 Å². The van der Waals surface area contributed by atoms with Crippen LogP contribution in [0.25, 0.3) is 0 Å². The first-order chi connectivity index (χ1) is 9.49. The Morgan fingerprint density at radius 2 is 1.95 bits per heavy atom. The normalized spacial score (nSPS) is 12.2. The monoisotopic (exact) mass is 344 g/mol. The first-order valence-electron chi connectivity index (χ1n) is 5.56. The zero-order valence-corrected chi connectivity index (χ0v) is 12.4. The zero-order chi connectivity index (χ0) is 16.3. The smallest absolute Gasteiger partial charge is 0.324 e. The van der Waals surface area contributed by atoms with E-state index in [2.05, 4.69) is 5.32 Å². The van der Waals surface area contributed by atoms with Gasteiger partial charge in [-0.05, 0) is 18.2 Å². The molecule has 2 N–H and O–H groups in total. The quantitative estimate of drug-likeness (QED) is 0.854. The lowest BCUT2D eigenvalue weighted by atomic mass is 10.3. The Morgan fingerprint density at radius 3 is 2.48 bits per heavy atom. The molecular formula is C11H12ClF3N2O3S. The van der Waals surface area contributed by atoms with Gasteiger partial charge in [0.1, 0.15) is 0 Å². The maximum absolute atomic E-state index is 11.9. The zero-order valence-electron chi connectivity index (χ0n) is 10.8. The second kappa shape index (κ2) is 6.63. The van der Waals surface area contributed by atoms with Gasteiger partial charge in [0.15, 0.2) is 9.84 Å². The van der Waals surface area contributed by atoms with Crippen LogP contribution in [0.2, 0.25) is 5.02 Å². The predicted octanol–water partition coefficient (Wildman–Crippen LogP) is 1.83. The van der Waals surface area contributed by atoms with Crippen molar-refractivity contribution in [1.82, 2.24) is 5.32 Å². The molecule has 1 rings (SSSR count). The lowest BCUT2D eigenvalue weighted by molar-refractivity contribution is -0.126. The van der Waals surface area contributed by atoms with Gasteiger partial charge in [-0.2, -0.15) is 13.2 Å². The third-order valence-electron chi connectivity index (χ3n) is 2.25. The molecule has 0 aliphatic heterocycles. The number of amides is 1. The van der Waals surface area contributed by atoms with Crippen LogP contribution in [0.15, 0.2) is 23.1 Å². The van der Waals surface area contributed by atoms with Crippen LogP contribution in [0.1, 0.15) is 0 Å². The highest BCUT2D eigenvalue weighted by atomic mass is 35.5. The molecule has 0 aromatic heterocycles.